The number of thiophene rings is 1. The van der Waals surface area contributed by atoms with Gasteiger partial charge in [-0.1, -0.05) is 59.8 Å². The lowest BCUT2D eigenvalue weighted by Gasteiger charge is -1.96. The van der Waals surface area contributed by atoms with E-state index in [1.165, 1.54) is 42.5 Å². The van der Waals surface area contributed by atoms with E-state index in [9.17, 15) is 0 Å². The smallest absolute Gasteiger partial charge is 0.0771 e. The van der Waals surface area contributed by atoms with E-state index in [4.69, 9.17) is 0 Å². The number of hydrogen-bond donors (Lipinski definition) is 0. The van der Waals surface area contributed by atoms with Crippen molar-refractivity contribution in [2.75, 3.05) is 0 Å². The molecule has 0 amide bonds. The second kappa shape index (κ2) is 16.3. The van der Waals surface area contributed by atoms with Crippen molar-refractivity contribution in [1.29, 1.82) is 0 Å². The normalized spacial score (nSPS) is 8.11. The Morgan fingerprint density at radius 1 is 1.06 bits per heavy atom. The van der Waals surface area contributed by atoms with Gasteiger partial charge in [0.25, 0.3) is 0 Å². The minimum atomic E-state index is 1.21. The van der Waals surface area contributed by atoms with Crippen LogP contribution in [0.5, 0.6) is 0 Å². The lowest BCUT2D eigenvalue weighted by molar-refractivity contribution is 0.667. The molecule has 0 aliphatic rings. The standard InChI is InChI=1S/C13H18S.2C2H6/c1-3-5-6-7-9-12-10-13(8-4-2)14-11-12;2*1-2/h10-11H,3,5-7,9H2,1-2H3;2*1-2H3. The number of aryl methyl sites for hydroxylation is 1. The highest BCUT2D eigenvalue weighted by Crippen LogP contribution is 2.16. The number of rotatable bonds is 5. The van der Waals surface area contributed by atoms with E-state index < -0.39 is 0 Å². The van der Waals surface area contributed by atoms with Crippen molar-refractivity contribution in [3.05, 3.63) is 21.9 Å². The molecule has 0 fully saturated rings. The second-order valence-corrected chi connectivity index (χ2v) is 4.42. The van der Waals surface area contributed by atoms with Crippen LogP contribution in [0.2, 0.25) is 0 Å². The van der Waals surface area contributed by atoms with Crippen molar-refractivity contribution in [3.63, 3.8) is 0 Å². The number of unbranched alkanes of at least 4 members (excludes halogenated alkanes) is 3. The molecule has 0 nitrogen and oxygen atoms in total. The Hall–Kier alpha value is -0.740. The van der Waals surface area contributed by atoms with Crippen molar-refractivity contribution in [2.24, 2.45) is 0 Å². The Morgan fingerprint density at radius 2 is 1.72 bits per heavy atom. The summed E-state index contributed by atoms with van der Waals surface area (Å²) in [4.78, 5) is 1.21. The van der Waals surface area contributed by atoms with E-state index in [1.807, 2.05) is 34.6 Å². The van der Waals surface area contributed by atoms with Crippen LogP contribution >= 0.6 is 11.3 Å². The van der Waals surface area contributed by atoms with Gasteiger partial charge in [0.05, 0.1) is 4.88 Å². The van der Waals surface area contributed by atoms with Gasteiger partial charge in [-0.2, -0.15) is 0 Å². The van der Waals surface area contributed by atoms with Crippen LogP contribution in [0.15, 0.2) is 11.4 Å². The molecule has 0 saturated heterocycles. The minimum Gasteiger partial charge on any atom is -0.135 e. The van der Waals surface area contributed by atoms with Gasteiger partial charge in [-0.3, -0.25) is 0 Å². The molecule has 18 heavy (non-hydrogen) atoms. The Kier molecular flexibility index (Phi) is 17.7. The highest BCUT2D eigenvalue weighted by atomic mass is 32.1. The molecule has 1 aromatic heterocycles. The first kappa shape index (κ1) is 19.6. The van der Waals surface area contributed by atoms with Crippen LogP contribution in [0.1, 0.15) is 77.7 Å². The predicted octanol–water partition coefficient (Wildman–Crippen LogP) is 6.29. The van der Waals surface area contributed by atoms with Gasteiger partial charge in [-0.25, -0.2) is 0 Å². The van der Waals surface area contributed by atoms with Gasteiger partial charge < -0.3 is 0 Å². The SMILES string of the molecule is CC.CC.CC#Cc1cc(CCCCCC)cs1. The van der Waals surface area contributed by atoms with E-state index in [0.29, 0.717) is 0 Å². The van der Waals surface area contributed by atoms with Gasteiger partial charge in [-0.05, 0) is 36.8 Å². The fraction of sp³-hybridized carbons (Fsp3) is 0.647. The first-order valence-electron chi connectivity index (χ1n) is 7.37. The van der Waals surface area contributed by atoms with Crippen LogP contribution in [0.25, 0.3) is 0 Å². The van der Waals surface area contributed by atoms with Gasteiger partial charge in [0.2, 0.25) is 0 Å². The summed E-state index contributed by atoms with van der Waals surface area (Å²) in [5.41, 5.74) is 1.46. The molecule has 0 unspecified atom stereocenters. The van der Waals surface area contributed by atoms with Crippen molar-refractivity contribution in [1.82, 2.24) is 0 Å². The number of hydrogen-bond acceptors (Lipinski definition) is 1. The Labute approximate surface area is 119 Å². The summed E-state index contributed by atoms with van der Waals surface area (Å²) in [6.07, 6.45) is 6.59. The van der Waals surface area contributed by atoms with Gasteiger partial charge in [0, 0.05) is 0 Å². The summed E-state index contributed by atoms with van der Waals surface area (Å²) in [6.45, 7) is 12.1. The Balaban J connectivity index is 0. The van der Waals surface area contributed by atoms with E-state index in [-0.39, 0.29) is 0 Å². The fourth-order valence-corrected chi connectivity index (χ4v) is 2.30. The summed E-state index contributed by atoms with van der Waals surface area (Å²) in [5.74, 6) is 6.03. The van der Waals surface area contributed by atoms with Gasteiger partial charge in [-0.15, -0.1) is 17.3 Å². The summed E-state index contributed by atoms with van der Waals surface area (Å²) in [5, 5.41) is 2.24. The molecule has 0 aliphatic carbocycles. The summed E-state index contributed by atoms with van der Waals surface area (Å²) in [6, 6.07) is 2.23. The van der Waals surface area contributed by atoms with Crippen molar-refractivity contribution < 1.29 is 0 Å². The predicted molar refractivity (Wildman–Crippen MR) is 87.4 cm³/mol. The molecule has 0 N–H and O–H groups in total. The van der Waals surface area contributed by atoms with Crippen LogP contribution in [-0.2, 0) is 6.42 Å². The van der Waals surface area contributed by atoms with E-state index >= 15 is 0 Å². The second-order valence-electron chi connectivity index (χ2n) is 3.50. The van der Waals surface area contributed by atoms with E-state index in [0.717, 1.165) is 0 Å². The zero-order valence-corrected chi connectivity index (χ0v) is 13.9. The monoisotopic (exact) mass is 266 g/mol. The molecular formula is C17H30S. The van der Waals surface area contributed by atoms with E-state index in [1.54, 1.807) is 11.3 Å². The molecular weight excluding hydrogens is 236 g/mol. The molecule has 0 saturated carbocycles. The summed E-state index contributed by atoms with van der Waals surface area (Å²) >= 11 is 1.76. The zero-order valence-electron chi connectivity index (χ0n) is 13.1. The molecule has 1 rings (SSSR count). The molecule has 0 atom stereocenters. The maximum Gasteiger partial charge on any atom is 0.0771 e. The molecule has 0 bridgehead atoms. The highest BCUT2D eigenvalue weighted by Gasteiger charge is 1.97. The summed E-state index contributed by atoms with van der Waals surface area (Å²) < 4.78 is 0. The maximum atomic E-state index is 3.10. The van der Waals surface area contributed by atoms with Crippen LogP contribution in [0.4, 0.5) is 0 Å². The summed E-state index contributed by atoms with van der Waals surface area (Å²) in [7, 11) is 0. The third kappa shape index (κ3) is 10.4. The third-order valence-electron chi connectivity index (χ3n) is 2.22. The van der Waals surface area contributed by atoms with E-state index in [2.05, 4.69) is 30.2 Å². The van der Waals surface area contributed by atoms with Crippen LogP contribution < -0.4 is 0 Å². The zero-order chi connectivity index (χ0) is 14.2. The first-order chi connectivity index (χ1) is 8.86. The lowest BCUT2D eigenvalue weighted by atomic mass is 10.1. The third-order valence-corrected chi connectivity index (χ3v) is 3.12. The quantitative estimate of drug-likeness (QED) is 0.433. The van der Waals surface area contributed by atoms with Crippen molar-refractivity contribution in [3.8, 4) is 11.8 Å². The molecule has 104 valence electrons. The minimum absolute atomic E-state index is 1.21. The average Bonchev–Trinajstić information content (AvgIpc) is 2.88. The van der Waals surface area contributed by atoms with Crippen LogP contribution in [0.3, 0.4) is 0 Å². The van der Waals surface area contributed by atoms with Crippen molar-refractivity contribution in [2.45, 2.75) is 73.6 Å². The van der Waals surface area contributed by atoms with Gasteiger partial charge >= 0.3 is 0 Å². The molecule has 0 aromatic carbocycles. The molecule has 1 aromatic rings. The van der Waals surface area contributed by atoms with Crippen LogP contribution in [-0.4, -0.2) is 0 Å². The molecule has 1 heterocycles. The lowest BCUT2D eigenvalue weighted by Crippen LogP contribution is -1.82. The topological polar surface area (TPSA) is 0 Å². The largest absolute Gasteiger partial charge is 0.135 e. The van der Waals surface area contributed by atoms with Crippen molar-refractivity contribution >= 4 is 11.3 Å². The Morgan fingerprint density at radius 3 is 2.28 bits per heavy atom. The van der Waals surface area contributed by atoms with Gasteiger partial charge in [0.1, 0.15) is 0 Å². The van der Waals surface area contributed by atoms with Gasteiger partial charge in [0.15, 0.2) is 0 Å². The highest BCUT2D eigenvalue weighted by molar-refractivity contribution is 7.10. The fourth-order valence-electron chi connectivity index (χ4n) is 1.45. The molecule has 0 aliphatic heterocycles. The first-order valence-corrected chi connectivity index (χ1v) is 8.25. The molecule has 1 heteroatoms. The molecule has 0 spiro atoms. The molecule has 0 radical (unpaired) electrons. The maximum absolute atomic E-state index is 3.10. The Bertz CT molecular complexity index is 312. The average molecular weight is 266 g/mol. The van der Waals surface area contributed by atoms with Crippen LogP contribution in [0, 0.1) is 11.8 Å².